The van der Waals surface area contributed by atoms with E-state index in [9.17, 15) is 9.18 Å². The van der Waals surface area contributed by atoms with Crippen LogP contribution in [0.25, 0.3) is 0 Å². The maximum atomic E-state index is 14.4. The zero-order chi connectivity index (χ0) is 22.2. The molecular formula is C23H31Cl2FN4O. The monoisotopic (exact) mass is 468 g/mol. The van der Waals surface area contributed by atoms with Gasteiger partial charge in [0.2, 0.25) is 5.91 Å². The van der Waals surface area contributed by atoms with Gasteiger partial charge in [-0.2, -0.15) is 5.26 Å². The second-order valence-corrected chi connectivity index (χ2v) is 9.39. The van der Waals surface area contributed by atoms with Gasteiger partial charge in [0.25, 0.3) is 0 Å². The summed E-state index contributed by atoms with van der Waals surface area (Å²) in [4.78, 5) is 16.4. The third-order valence-electron chi connectivity index (χ3n) is 6.49. The van der Waals surface area contributed by atoms with Crippen LogP contribution in [-0.4, -0.2) is 49.6 Å². The van der Waals surface area contributed by atoms with Gasteiger partial charge in [-0.05, 0) is 63.1 Å². The van der Waals surface area contributed by atoms with Gasteiger partial charge in [-0.25, -0.2) is 4.39 Å². The Morgan fingerprint density at radius 3 is 2.55 bits per heavy atom. The number of anilines is 1. The molecule has 5 nitrogen and oxygen atoms in total. The molecule has 0 atom stereocenters. The summed E-state index contributed by atoms with van der Waals surface area (Å²) in [6.07, 6.45) is 7.09. The van der Waals surface area contributed by atoms with Crippen LogP contribution in [0.3, 0.4) is 0 Å². The Bertz CT molecular complexity index is 785. The van der Waals surface area contributed by atoms with E-state index in [-0.39, 0.29) is 22.0 Å². The fraction of sp³-hybridized carbons (Fsp3) is 0.652. The highest BCUT2D eigenvalue weighted by atomic mass is 35.5. The summed E-state index contributed by atoms with van der Waals surface area (Å²) in [5.41, 5.74) is 0.530. The number of benzene rings is 1. The van der Waals surface area contributed by atoms with E-state index in [1.807, 2.05) is 4.90 Å². The van der Waals surface area contributed by atoms with Gasteiger partial charge in [0.1, 0.15) is 0 Å². The van der Waals surface area contributed by atoms with Crippen LogP contribution in [0.15, 0.2) is 12.1 Å². The summed E-state index contributed by atoms with van der Waals surface area (Å²) in [7, 11) is 0. The van der Waals surface area contributed by atoms with Gasteiger partial charge in [0, 0.05) is 45.1 Å². The van der Waals surface area contributed by atoms with Crippen LogP contribution >= 0.6 is 23.2 Å². The molecule has 0 spiro atoms. The van der Waals surface area contributed by atoms with Crippen molar-refractivity contribution >= 4 is 34.8 Å². The van der Waals surface area contributed by atoms with Crippen molar-refractivity contribution in [3.63, 3.8) is 0 Å². The highest BCUT2D eigenvalue weighted by Crippen LogP contribution is 2.32. The Morgan fingerprint density at radius 1 is 1.16 bits per heavy atom. The zero-order valence-corrected chi connectivity index (χ0v) is 19.4. The van der Waals surface area contributed by atoms with Crippen molar-refractivity contribution in [2.24, 2.45) is 5.92 Å². The molecule has 0 aromatic heterocycles. The molecule has 2 fully saturated rings. The lowest BCUT2D eigenvalue weighted by Gasteiger charge is -2.37. The lowest BCUT2D eigenvalue weighted by Crippen LogP contribution is -2.47. The second kappa shape index (κ2) is 11.9. The normalized spacial score (nSPS) is 22.2. The zero-order valence-electron chi connectivity index (χ0n) is 17.9. The van der Waals surface area contributed by atoms with Gasteiger partial charge in [-0.3, -0.25) is 9.69 Å². The van der Waals surface area contributed by atoms with Crippen molar-refractivity contribution in [2.45, 2.75) is 57.4 Å². The molecule has 170 valence electrons. The number of unbranched alkanes of at least 4 members (excludes halogenated alkanes) is 1. The third-order valence-corrected chi connectivity index (χ3v) is 7.27. The van der Waals surface area contributed by atoms with E-state index < -0.39 is 5.82 Å². The molecule has 1 heterocycles. The van der Waals surface area contributed by atoms with Gasteiger partial charge in [0.15, 0.2) is 5.82 Å². The molecule has 31 heavy (non-hydrogen) atoms. The van der Waals surface area contributed by atoms with E-state index in [4.69, 9.17) is 28.5 Å². The molecule has 1 aromatic rings. The maximum absolute atomic E-state index is 14.4. The number of nitrogens with one attached hydrogen (secondary N) is 1. The summed E-state index contributed by atoms with van der Waals surface area (Å²) in [6, 6.07) is 5.73. The fourth-order valence-electron chi connectivity index (χ4n) is 4.56. The van der Waals surface area contributed by atoms with Crippen molar-refractivity contribution in [1.29, 1.82) is 5.26 Å². The van der Waals surface area contributed by atoms with Crippen LogP contribution in [0, 0.1) is 23.1 Å². The molecule has 0 bridgehead atoms. The maximum Gasteiger partial charge on any atom is 0.220 e. The molecule has 1 amide bonds. The highest BCUT2D eigenvalue weighted by Gasteiger charge is 2.25. The number of nitrogens with zero attached hydrogens (tertiary/aromatic N) is 3. The van der Waals surface area contributed by atoms with Gasteiger partial charge in [0.05, 0.1) is 21.8 Å². The molecule has 1 aromatic carbocycles. The van der Waals surface area contributed by atoms with Crippen molar-refractivity contribution < 1.29 is 9.18 Å². The van der Waals surface area contributed by atoms with E-state index in [0.717, 1.165) is 58.4 Å². The Balaban J connectivity index is 1.33. The lowest BCUT2D eigenvalue weighted by molar-refractivity contribution is -0.122. The van der Waals surface area contributed by atoms with Crippen molar-refractivity contribution in [3.05, 3.63) is 28.0 Å². The van der Waals surface area contributed by atoms with Crippen molar-refractivity contribution in [1.82, 2.24) is 10.2 Å². The topological polar surface area (TPSA) is 59.4 Å². The largest absolute Gasteiger partial charge is 0.367 e. The van der Waals surface area contributed by atoms with Gasteiger partial charge in [-0.15, -0.1) is 0 Å². The number of hydrogen-bond donors (Lipinski definition) is 1. The number of halogens is 3. The van der Waals surface area contributed by atoms with Crippen LogP contribution in [0.5, 0.6) is 0 Å². The van der Waals surface area contributed by atoms with Crippen LogP contribution in [0.1, 0.15) is 51.4 Å². The molecule has 1 saturated heterocycles. The number of rotatable bonds is 8. The minimum absolute atomic E-state index is 0.00411. The van der Waals surface area contributed by atoms with Crippen LogP contribution < -0.4 is 10.2 Å². The molecule has 0 unspecified atom stereocenters. The minimum atomic E-state index is -0.434. The molecule has 2 aliphatic rings. The fourth-order valence-corrected chi connectivity index (χ4v) is 4.87. The summed E-state index contributed by atoms with van der Waals surface area (Å²) in [5.74, 6) is 0.351. The summed E-state index contributed by atoms with van der Waals surface area (Å²) < 4.78 is 14.4. The molecule has 1 aliphatic heterocycles. The molecule has 8 heteroatoms. The minimum Gasteiger partial charge on any atom is -0.367 e. The number of carbonyl (C=O) groups is 1. The number of amides is 1. The van der Waals surface area contributed by atoms with E-state index in [2.05, 4.69) is 16.3 Å². The first-order valence-corrected chi connectivity index (χ1v) is 12.0. The second-order valence-electron chi connectivity index (χ2n) is 8.61. The van der Waals surface area contributed by atoms with Gasteiger partial charge < -0.3 is 10.2 Å². The number of piperazine rings is 1. The van der Waals surface area contributed by atoms with Crippen LogP contribution in [0.4, 0.5) is 10.1 Å². The predicted octanol–water partition coefficient (Wildman–Crippen LogP) is 5.01. The van der Waals surface area contributed by atoms with E-state index in [0.29, 0.717) is 30.9 Å². The standard InChI is InChI=1S/C23H31Cl2FN4O/c24-19-8-9-20(23(26)22(19)25)30-15-13-29(14-16-30)12-10-17-4-6-18(7-5-17)28-21(31)3-1-2-11-27/h8-9,17-18H,1-7,10,12-16H2,(H,28,31)/t17-,18-. The molecule has 1 saturated carbocycles. The Labute approximate surface area is 194 Å². The van der Waals surface area contributed by atoms with Crippen molar-refractivity contribution in [2.75, 3.05) is 37.6 Å². The van der Waals surface area contributed by atoms with E-state index in [1.165, 1.54) is 6.42 Å². The number of hydrogen-bond acceptors (Lipinski definition) is 4. The molecule has 1 N–H and O–H groups in total. The Kier molecular flexibility index (Phi) is 9.25. The summed E-state index contributed by atoms with van der Waals surface area (Å²) in [6.45, 7) is 4.44. The van der Waals surface area contributed by atoms with Crippen LogP contribution in [-0.2, 0) is 4.79 Å². The first-order valence-electron chi connectivity index (χ1n) is 11.2. The Morgan fingerprint density at radius 2 is 1.87 bits per heavy atom. The first kappa shape index (κ1) is 24.1. The Hall–Kier alpha value is -1.55. The van der Waals surface area contributed by atoms with Crippen molar-refractivity contribution in [3.8, 4) is 6.07 Å². The highest BCUT2D eigenvalue weighted by molar-refractivity contribution is 6.42. The van der Waals surface area contributed by atoms with E-state index in [1.54, 1.807) is 12.1 Å². The number of carbonyl (C=O) groups excluding carboxylic acids is 1. The lowest BCUT2D eigenvalue weighted by atomic mass is 9.84. The third kappa shape index (κ3) is 6.97. The molecular weight excluding hydrogens is 438 g/mol. The summed E-state index contributed by atoms with van der Waals surface area (Å²) in [5, 5.41) is 11.9. The summed E-state index contributed by atoms with van der Waals surface area (Å²) >= 11 is 11.8. The predicted molar refractivity (Wildman–Crippen MR) is 123 cm³/mol. The number of nitriles is 1. The molecule has 1 aliphatic carbocycles. The molecule has 0 radical (unpaired) electrons. The van der Waals surface area contributed by atoms with Crippen LogP contribution in [0.2, 0.25) is 10.0 Å². The van der Waals surface area contributed by atoms with Gasteiger partial charge >= 0.3 is 0 Å². The molecule has 3 rings (SSSR count). The smallest absolute Gasteiger partial charge is 0.220 e. The SMILES string of the molecule is N#CCCCC(=O)N[C@H]1CC[C@H](CCN2CCN(c3ccc(Cl)c(Cl)c3F)CC2)CC1. The first-order chi connectivity index (χ1) is 15.0. The van der Waals surface area contributed by atoms with Gasteiger partial charge in [-0.1, -0.05) is 23.2 Å². The quantitative estimate of drug-likeness (QED) is 0.430. The van der Waals surface area contributed by atoms with E-state index >= 15 is 0 Å². The average Bonchev–Trinajstić information content (AvgIpc) is 2.78. The average molecular weight is 469 g/mol.